The minimum atomic E-state index is 0.948. The minimum Gasteiger partial charge on any atom is -0.355 e. The summed E-state index contributed by atoms with van der Waals surface area (Å²) in [5, 5.41) is 1.25. The highest BCUT2D eigenvalue weighted by Gasteiger charge is 2.09. The lowest BCUT2D eigenvalue weighted by molar-refractivity contribution is 1.39. The number of aromatic nitrogens is 1. The van der Waals surface area contributed by atoms with Crippen molar-refractivity contribution < 1.29 is 0 Å². The van der Waals surface area contributed by atoms with E-state index in [9.17, 15) is 0 Å². The van der Waals surface area contributed by atoms with Crippen molar-refractivity contribution in [2.45, 2.75) is 6.42 Å². The maximum Gasteiger partial charge on any atom is 0.0661 e. The third-order valence-electron chi connectivity index (χ3n) is 3.46. The predicted molar refractivity (Wildman–Crippen MR) is 75.6 cm³/mol. The smallest absolute Gasteiger partial charge is 0.0661 e. The van der Waals surface area contributed by atoms with Crippen LogP contribution in [0, 0.1) is 0 Å². The monoisotopic (exact) mass is 232 g/mol. The number of benzene rings is 2. The molecule has 1 aromatic heterocycles. The molecular weight excluding hydrogens is 220 g/mol. The maximum atomic E-state index is 4.34. The zero-order chi connectivity index (χ0) is 11.9. The van der Waals surface area contributed by atoms with Crippen LogP contribution in [0.2, 0.25) is 0 Å². The summed E-state index contributed by atoms with van der Waals surface area (Å²) in [6.07, 6.45) is 2.92. The summed E-state index contributed by atoms with van der Waals surface area (Å²) >= 11 is 0. The van der Waals surface area contributed by atoms with Gasteiger partial charge in [-0.1, -0.05) is 24.3 Å². The van der Waals surface area contributed by atoms with Gasteiger partial charge in [0.1, 0.15) is 0 Å². The first-order valence-corrected chi connectivity index (χ1v) is 6.14. The Hall–Kier alpha value is -2.35. The Bertz CT molecular complexity index is 733. The molecule has 18 heavy (non-hydrogen) atoms. The molecule has 0 saturated heterocycles. The average Bonchev–Trinajstić information content (AvgIpc) is 3.04. The molecule has 0 amide bonds. The molecule has 0 aliphatic carbocycles. The summed E-state index contributed by atoms with van der Waals surface area (Å²) in [5.74, 6) is 0. The van der Waals surface area contributed by atoms with Crippen molar-refractivity contribution in [3.8, 4) is 11.3 Å². The van der Waals surface area contributed by atoms with E-state index in [4.69, 9.17) is 0 Å². The number of nitrogens with zero attached hydrogens (tertiary/aromatic N) is 1. The van der Waals surface area contributed by atoms with E-state index < -0.39 is 0 Å². The Morgan fingerprint density at radius 1 is 1.00 bits per heavy atom. The molecule has 1 N–H and O–H groups in total. The molecule has 2 nitrogen and oxygen atoms in total. The number of aromatic amines is 1. The van der Waals surface area contributed by atoms with E-state index in [0.717, 1.165) is 12.1 Å². The molecule has 1 aliphatic heterocycles. The van der Waals surface area contributed by atoms with Gasteiger partial charge in [-0.15, -0.1) is 0 Å². The lowest BCUT2D eigenvalue weighted by Gasteiger charge is -2.01. The van der Waals surface area contributed by atoms with Crippen molar-refractivity contribution in [2.75, 3.05) is 0 Å². The van der Waals surface area contributed by atoms with Gasteiger partial charge in [0.25, 0.3) is 0 Å². The first kappa shape index (κ1) is 9.66. The SMILES string of the molecule is C1=Nc2ccc(-c3cc4ccccc4[nH]3)cc2C1. The highest BCUT2D eigenvalue weighted by atomic mass is 14.7. The van der Waals surface area contributed by atoms with E-state index >= 15 is 0 Å². The van der Waals surface area contributed by atoms with Crippen molar-refractivity contribution in [3.63, 3.8) is 0 Å². The molecule has 0 saturated carbocycles. The van der Waals surface area contributed by atoms with Crippen LogP contribution >= 0.6 is 0 Å². The fraction of sp³-hybridized carbons (Fsp3) is 0.0625. The van der Waals surface area contributed by atoms with E-state index in [-0.39, 0.29) is 0 Å². The van der Waals surface area contributed by atoms with Gasteiger partial charge >= 0.3 is 0 Å². The van der Waals surface area contributed by atoms with Gasteiger partial charge in [0.2, 0.25) is 0 Å². The van der Waals surface area contributed by atoms with Crippen LogP contribution in [-0.4, -0.2) is 11.2 Å². The second-order valence-corrected chi connectivity index (χ2v) is 4.63. The fourth-order valence-corrected chi connectivity index (χ4v) is 2.51. The topological polar surface area (TPSA) is 28.1 Å². The first-order valence-electron chi connectivity index (χ1n) is 6.14. The molecule has 0 spiro atoms. The zero-order valence-corrected chi connectivity index (χ0v) is 9.85. The zero-order valence-electron chi connectivity index (χ0n) is 9.85. The Balaban J connectivity index is 1.87. The van der Waals surface area contributed by atoms with Gasteiger partial charge in [0.05, 0.1) is 5.69 Å². The van der Waals surface area contributed by atoms with Gasteiger partial charge in [-0.25, -0.2) is 0 Å². The Morgan fingerprint density at radius 3 is 2.89 bits per heavy atom. The average molecular weight is 232 g/mol. The molecular formula is C16H12N2. The standard InChI is InChI=1S/C16H12N2/c1-2-4-15-11(3-1)10-16(18-15)12-5-6-14-13(9-12)7-8-17-14/h1-6,8-10,18H,7H2. The molecule has 4 rings (SSSR count). The van der Waals surface area contributed by atoms with Gasteiger partial charge in [0, 0.05) is 29.2 Å². The van der Waals surface area contributed by atoms with Crippen LogP contribution in [0.1, 0.15) is 5.56 Å². The first-order chi connectivity index (χ1) is 8.90. The van der Waals surface area contributed by atoms with E-state index in [2.05, 4.69) is 58.5 Å². The molecule has 0 radical (unpaired) electrons. The Labute approximate surface area is 105 Å². The van der Waals surface area contributed by atoms with Crippen LogP contribution in [0.15, 0.2) is 53.5 Å². The largest absolute Gasteiger partial charge is 0.355 e. The van der Waals surface area contributed by atoms with Crippen LogP contribution in [0.4, 0.5) is 5.69 Å². The maximum absolute atomic E-state index is 4.34. The van der Waals surface area contributed by atoms with E-state index in [0.29, 0.717) is 0 Å². The summed E-state index contributed by atoms with van der Waals surface area (Å²) in [5.41, 5.74) is 6.01. The van der Waals surface area contributed by atoms with Crippen molar-refractivity contribution >= 4 is 22.8 Å². The second-order valence-electron chi connectivity index (χ2n) is 4.63. The second kappa shape index (κ2) is 3.57. The number of fused-ring (bicyclic) bond motifs is 2. The number of hydrogen-bond donors (Lipinski definition) is 1. The Morgan fingerprint density at radius 2 is 1.94 bits per heavy atom. The van der Waals surface area contributed by atoms with Gasteiger partial charge in [-0.3, -0.25) is 4.99 Å². The van der Waals surface area contributed by atoms with Gasteiger partial charge in [-0.05, 0) is 35.4 Å². The third-order valence-corrected chi connectivity index (χ3v) is 3.46. The van der Waals surface area contributed by atoms with Gasteiger partial charge in [-0.2, -0.15) is 0 Å². The molecule has 2 heteroatoms. The number of rotatable bonds is 1. The van der Waals surface area contributed by atoms with Crippen molar-refractivity contribution in [2.24, 2.45) is 4.99 Å². The number of H-pyrrole nitrogens is 1. The summed E-state index contributed by atoms with van der Waals surface area (Å²) in [6, 6.07) is 17.0. The summed E-state index contributed by atoms with van der Waals surface area (Å²) < 4.78 is 0. The number of hydrogen-bond acceptors (Lipinski definition) is 1. The van der Waals surface area contributed by atoms with E-state index in [1.54, 1.807) is 0 Å². The third kappa shape index (κ3) is 1.39. The van der Waals surface area contributed by atoms with Crippen LogP contribution in [0.3, 0.4) is 0 Å². The van der Waals surface area contributed by atoms with Gasteiger partial charge < -0.3 is 4.98 Å². The summed E-state index contributed by atoms with van der Waals surface area (Å²) in [4.78, 5) is 7.80. The van der Waals surface area contributed by atoms with Crippen LogP contribution < -0.4 is 0 Å². The summed E-state index contributed by atoms with van der Waals surface area (Å²) in [6.45, 7) is 0. The van der Waals surface area contributed by atoms with Crippen molar-refractivity contribution in [1.82, 2.24) is 4.98 Å². The molecule has 3 aromatic rings. The number of aliphatic imine (C=N–C) groups is 1. The number of para-hydroxylation sites is 1. The minimum absolute atomic E-state index is 0.948. The van der Waals surface area contributed by atoms with E-state index in [1.165, 1.54) is 27.7 Å². The fourth-order valence-electron chi connectivity index (χ4n) is 2.51. The number of nitrogens with one attached hydrogen (secondary N) is 1. The highest BCUT2D eigenvalue weighted by Crippen LogP contribution is 2.30. The molecule has 0 bridgehead atoms. The molecule has 2 aromatic carbocycles. The molecule has 1 aliphatic rings. The van der Waals surface area contributed by atoms with E-state index in [1.807, 2.05) is 6.21 Å². The lowest BCUT2D eigenvalue weighted by atomic mass is 10.1. The highest BCUT2D eigenvalue weighted by molar-refractivity contribution is 5.87. The lowest BCUT2D eigenvalue weighted by Crippen LogP contribution is -1.82. The molecule has 0 unspecified atom stereocenters. The normalized spacial score (nSPS) is 13.1. The van der Waals surface area contributed by atoms with Crippen molar-refractivity contribution in [3.05, 3.63) is 54.1 Å². The summed E-state index contributed by atoms with van der Waals surface area (Å²) in [7, 11) is 0. The molecule has 0 atom stereocenters. The Kier molecular flexibility index (Phi) is 1.92. The molecule has 86 valence electrons. The van der Waals surface area contributed by atoms with Crippen molar-refractivity contribution in [1.29, 1.82) is 0 Å². The van der Waals surface area contributed by atoms with Crippen LogP contribution in [-0.2, 0) is 6.42 Å². The van der Waals surface area contributed by atoms with Gasteiger partial charge in [0.15, 0.2) is 0 Å². The van der Waals surface area contributed by atoms with Crippen LogP contribution in [0.25, 0.3) is 22.2 Å². The predicted octanol–water partition coefficient (Wildman–Crippen LogP) is 4.09. The molecule has 2 heterocycles. The molecule has 0 fully saturated rings. The van der Waals surface area contributed by atoms with Crippen LogP contribution in [0.5, 0.6) is 0 Å². The quantitative estimate of drug-likeness (QED) is 0.654.